The average Bonchev–Trinajstić information content (AvgIpc) is 2.82. The van der Waals surface area contributed by atoms with Crippen molar-refractivity contribution in [3.05, 3.63) is 35.9 Å². The van der Waals surface area contributed by atoms with Crippen molar-refractivity contribution >= 4 is 35.4 Å². The number of aliphatic imine (C=N–C) groups is 1. The van der Waals surface area contributed by atoms with E-state index in [4.69, 9.17) is 0 Å². The van der Waals surface area contributed by atoms with E-state index in [9.17, 15) is 0 Å². The van der Waals surface area contributed by atoms with Gasteiger partial charge in [-0.2, -0.15) is 5.10 Å². The van der Waals surface area contributed by atoms with Gasteiger partial charge in [0.25, 0.3) is 0 Å². The molecule has 2 rings (SSSR count). The van der Waals surface area contributed by atoms with Crippen LogP contribution in [0.25, 0.3) is 0 Å². The van der Waals surface area contributed by atoms with Crippen LogP contribution in [0, 0.1) is 0 Å². The van der Waals surface area contributed by atoms with Gasteiger partial charge in [0.15, 0.2) is 0 Å². The Morgan fingerprint density at radius 3 is 2.67 bits per heavy atom. The van der Waals surface area contributed by atoms with Crippen molar-refractivity contribution in [3.8, 4) is 0 Å². The van der Waals surface area contributed by atoms with Crippen LogP contribution >= 0.6 is 23.5 Å². The topological polar surface area (TPSA) is 41.0 Å². The third-order valence-corrected chi connectivity index (χ3v) is 3.83. The highest BCUT2D eigenvalue weighted by Crippen LogP contribution is 2.33. The first-order chi connectivity index (χ1) is 8.85. The summed E-state index contributed by atoms with van der Waals surface area (Å²) < 4.78 is 0. The third kappa shape index (κ3) is 3.17. The van der Waals surface area contributed by atoms with Crippen molar-refractivity contribution in [3.63, 3.8) is 0 Å². The molecule has 0 atom stereocenters. The largest absolute Gasteiger partial charge is 0.269 e. The van der Waals surface area contributed by atoms with E-state index in [0.29, 0.717) is 0 Å². The molecule has 0 saturated heterocycles. The van der Waals surface area contributed by atoms with E-state index < -0.39 is 0 Å². The molecule has 1 aromatic carbocycles. The van der Waals surface area contributed by atoms with Crippen molar-refractivity contribution < 1.29 is 0 Å². The Labute approximate surface area is 115 Å². The number of H-pyrrole nitrogens is 1. The number of nitrogens with zero attached hydrogens (tertiary/aromatic N) is 2. The van der Waals surface area contributed by atoms with Gasteiger partial charge in [-0.15, -0.1) is 23.5 Å². The van der Waals surface area contributed by atoms with Crippen LogP contribution < -0.4 is 0 Å². The molecule has 2 aromatic rings. The molecule has 3 nitrogen and oxygen atoms in total. The molecular formula is C13H15N3S2. The van der Waals surface area contributed by atoms with E-state index in [1.807, 2.05) is 36.9 Å². The number of thioether (sulfide) groups is 2. The summed E-state index contributed by atoms with van der Waals surface area (Å²) in [5, 5.41) is 9.20. The first-order valence-corrected chi connectivity index (χ1v) is 8.03. The molecule has 5 heteroatoms. The third-order valence-electron chi connectivity index (χ3n) is 2.46. The molecule has 1 aromatic heterocycles. The Balaban J connectivity index is 2.11. The van der Waals surface area contributed by atoms with Crippen LogP contribution in [0.5, 0.6) is 0 Å². The summed E-state index contributed by atoms with van der Waals surface area (Å²) in [5.74, 6) is 0. The lowest BCUT2D eigenvalue weighted by Gasteiger charge is -1.97. The summed E-state index contributed by atoms with van der Waals surface area (Å²) in [7, 11) is 0. The highest BCUT2D eigenvalue weighted by atomic mass is 32.2. The predicted molar refractivity (Wildman–Crippen MR) is 80.4 cm³/mol. The lowest BCUT2D eigenvalue weighted by molar-refractivity contribution is 0.957. The van der Waals surface area contributed by atoms with Crippen molar-refractivity contribution in [2.75, 3.05) is 12.5 Å². The minimum atomic E-state index is 0.841. The Hall–Kier alpha value is -1.20. The number of aromatic nitrogens is 2. The number of nitrogens with one attached hydrogen (secondary N) is 1. The second kappa shape index (κ2) is 6.66. The minimum absolute atomic E-state index is 0.841. The Bertz CT molecular complexity index is 499. The second-order valence-electron chi connectivity index (χ2n) is 3.62. The Morgan fingerprint density at radius 2 is 2.00 bits per heavy atom. The maximum absolute atomic E-state index is 4.54. The van der Waals surface area contributed by atoms with Gasteiger partial charge in [0.1, 0.15) is 15.7 Å². The summed E-state index contributed by atoms with van der Waals surface area (Å²) in [6, 6.07) is 10.3. The summed E-state index contributed by atoms with van der Waals surface area (Å²) in [5.41, 5.74) is 2.21. The first-order valence-electron chi connectivity index (χ1n) is 5.58. The SMILES string of the molecule is CSc1n[nH]c(SC)c1N=CCc1ccccc1. The van der Waals surface area contributed by atoms with Gasteiger partial charge in [-0.1, -0.05) is 30.3 Å². The molecule has 0 unspecified atom stereocenters. The summed E-state index contributed by atoms with van der Waals surface area (Å²) >= 11 is 3.24. The zero-order valence-corrected chi connectivity index (χ0v) is 12.0. The predicted octanol–water partition coefficient (Wildman–Crippen LogP) is 3.80. The van der Waals surface area contributed by atoms with Crippen LogP contribution in [-0.2, 0) is 6.42 Å². The molecule has 0 spiro atoms. The van der Waals surface area contributed by atoms with Crippen LogP contribution in [0.3, 0.4) is 0 Å². The molecule has 0 amide bonds. The molecular weight excluding hydrogens is 262 g/mol. The van der Waals surface area contributed by atoms with E-state index in [1.165, 1.54) is 5.56 Å². The summed E-state index contributed by atoms with van der Waals surface area (Å²) in [4.78, 5) is 4.54. The van der Waals surface area contributed by atoms with Gasteiger partial charge >= 0.3 is 0 Å². The number of hydrogen-bond donors (Lipinski definition) is 1. The number of hydrogen-bond acceptors (Lipinski definition) is 4. The number of rotatable bonds is 5. The first kappa shape index (κ1) is 13.2. The number of aromatic amines is 1. The van der Waals surface area contributed by atoms with Gasteiger partial charge in [0, 0.05) is 12.6 Å². The maximum atomic E-state index is 4.54. The van der Waals surface area contributed by atoms with Gasteiger partial charge in [-0.3, -0.25) is 10.1 Å². The maximum Gasteiger partial charge on any atom is 0.145 e. The molecule has 0 radical (unpaired) electrons. The van der Waals surface area contributed by atoms with Crippen LogP contribution in [0.4, 0.5) is 5.69 Å². The van der Waals surface area contributed by atoms with Crippen molar-refractivity contribution in [2.24, 2.45) is 4.99 Å². The molecule has 18 heavy (non-hydrogen) atoms. The molecule has 0 aliphatic rings. The summed E-state index contributed by atoms with van der Waals surface area (Å²) in [6.45, 7) is 0. The molecule has 0 bridgehead atoms. The molecule has 0 aliphatic carbocycles. The molecule has 1 N–H and O–H groups in total. The van der Waals surface area contributed by atoms with E-state index in [2.05, 4.69) is 27.3 Å². The molecule has 0 aliphatic heterocycles. The van der Waals surface area contributed by atoms with Crippen molar-refractivity contribution in [1.82, 2.24) is 10.2 Å². The van der Waals surface area contributed by atoms with Crippen molar-refractivity contribution in [1.29, 1.82) is 0 Å². The zero-order chi connectivity index (χ0) is 12.8. The van der Waals surface area contributed by atoms with Crippen molar-refractivity contribution in [2.45, 2.75) is 16.5 Å². The van der Waals surface area contributed by atoms with Crippen LogP contribution in [0.15, 0.2) is 45.4 Å². The molecule has 0 fully saturated rings. The van der Waals surface area contributed by atoms with Gasteiger partial charge in [0.2, 0.25) is 0 Å². The Morgan fingerprint density at radius 1 is 1.22 bits per heavy atom. The Kier molecular flexibility index (Phi) is 4.90. The van der Waals surface area contributed by atoms with E-state index in [-0.39, 0.29) is 0 Å². The standard InChI is InChI=1S/C13H15N3S2/c1-17-12-11(13(18-2)16-15-12)14-9-8-10-6-4-3-5-7-10/h3-7,9H,8H2,1-2H3,(H,15,16). The van der Waals surface area contributed by atoms with Gasteiger partial charge in [0.05, 0.1) is 0 Å². The molecule has 0 saturated carbocycles. The highest BCUT2D eigenvalue weighted by Gasteiger charge is 2.09. The smallest absolute Gasteiger partial charge is 0.145 e. The quantitative estimate of drug-likeness (QED) is 0.667. The molecule has 1 heterocycles. The van der Waals surface area contributed by atoms with Gasteiger partial charge in [-0.25, -0.2) is 0 Å². The lowest BCUT2D eigenvalue weighted by atomic mass is 10.2. The number of benzene rings is 1. The second-order valence-corrected chi connectivity index (χ2v) is 5.23. The zero-order valence-electron chi connectivity index (χ0n) is 10.4. The fourth-order valence-electron chi connectivity index (χ4n) is 1.56. The van der Waals surface area contributed by atoms with Crippen LogP contribution in [0.2, 0.25) is 0 Å². The average molecular weight is 277 g/mol. The summed E-state index contributed by atoms with van der Waals surface area (Å²) in [6.07, 6.45) is 6.82. The van der Waals surface area contributed by atoms with E-state index >= 15 is 0 Å². The van der Waals surface area contributed by atoms with Gasteiger partial charge < -0.3 is 0 Å². The molecule has 94 valence electrons. The fourth-order valence-corrected chi connectivity index (χ4v) is 2.59. The van der Waals surface area contributed by atoms with Crippen LogP contribution in [-0.4, -0.2) is 28.9 Å². The lowest BCUT2D eigenvalue weighted by Crippen LogP contribution is -1.84. The highest BCUT2D eigenvalue weighted by molar-refractivity contribution is 7.99. The van der Waals surface area contributed by atoms with E-state index in [0.717, 1.165) is 22.2 Å². The minimum Gasteiger partial charge on any atom is -0.269 e. The normalized spacial score (nSPS) is 11.2. The van der Waals surface area contributed by atoms with E-state index in [1.54, 1.807) is 23.5 Å². The van der Waals surface area contributed by atoms with Crippen LogP contribution in [0.1, 0.15) is 5.56 Å². The monoisotopic (exact) mass is 277 g/mol. The van der Waals surface area contributed by atoms with Gasteiger partial charge in [-0.05, 0) is 18.1 Å². The fraction of sp³-hybridized carbons (Fsp3) is 0.231.